The molecule has 0 aliphatic carbocycles. The number of anilines is 1. The fourth-order valence-electron chi connectivity index (χ4n) is 2.33. The quantitative estimate of drug-likeness (QED) is 0.578. The Kier molecular flexibility index (Phi) is 5.12. The van der Waals surface area contributed by atoms with Gasteiger partial charge in [0.15, 0.2) is 0 Å². The molecule has 5 heteroatoms. The summed E-state index contributed by atoms with van der Waals surface area (Å²) in [6.07, 6.45) is 1.69. The number of carbonyl (C=O) groups is 2. The number of ether oxygens (including phenoxy) is 1. The Labute approximate surface area is 119 Å². The summed E-state index contributed by atoms with van der Waals surface area (Å²) >= 11 is 0. The summed E-state index contributed by atoms with van der Waals surface area (Å²) in [5.74, 6) is 0.145. The predicted molar refractivity (Wildman–Crippen MR) is 77.1 cm³/mol. The number of benzene rings is 1. The molecule has 1 aromatic rings. The molecule has 1 heterocycles. The third-order valence-corrected chi connectivity index (χ3v) is 3.49. The van der Waals surface area contributed by atoms with Gasteiger partial charge in [-0.1, -0.05) is 0 Å². The van der Waals surface area contributed by atoms with Crippen molar-refractivity contribution >= 4 is 17.9 Å². The van der Waals surface area contributed by atoms with Crippen LogP contribution in [0.4, 0.5) is 5.69 Å². The number of hydrogen-bond donors (Lipinski definition) is 0. The summed E-state index contributed by atoms with van der Waals surface area (Å²) in [7, 11) is 1.67. The van der Waals surface area contributed by atoms with Gasteiger partial charge < -0.3 is 14.5 Å². The van der Waals surface area contributed by atoms with E-state index in [1.807, 2.05) is 21.9 Å². The minimum Gasteiger partial charge on any atom is -0.385 e. The molecule has 20 heavy (non-hydrogen) atoms. The van der Waals surface area contributed by atoms with Crippen LogP contribution in [0.5, 0.6) is 0 Å². The minimum absolute atomic E-state index is 0.145. The zero-order valence-corrected chi connectivity index (χ0v) is 11.7. The SMILES string of the molecule is COCCCN1CCN(c2ccc(C=O)cc2)CC1=O. The van der Waals surface area contributed by atoms with Crippen molar-refractivity contribution in [2.75, 3.05) is 44.8 Å². The fraction of sp³-hybridized carbons (Fsp3) is 0.467. The first-order valence-corrected chi connectivity index (χ1v) is 6.81. The molecule has 1 amide bonds. The Morgan fingerprint density at radius 3 is 2.60 bits per heavy atom. The summed E-state index contributed by atoms with van der Waals surface area (Å²) < 4.78 is 5.00. The standard InChI is InChI=1S/C15H20N2O3/c1-20-10-2-7-16-8-9-17(11-15(16)19)14-5-3-13(12-18)4-6-14/h3-6,12H,2,7-11H2,1H3. The molecule has 0 N–H and O–H groups in total. The van der Waals surface area contributed by atoms with Crippen molar-refractivity contribution in [1.29, 1.82) is 0 Å². The third kappa shape index (κ3) is 3.57. The maximum Gasteiger partial charge on any atom is 0.242 e. The highest BCUT2D eigenvalue weighted by Crippen LogP contribution is 2.17. The molecule has 0 bridgehead atoms. The molecule has 1 aromatic carbocycles. The van der Waals surface area contributed by atoms with Crippen molar-refractivity contribution in [3.05, 3.63) is 29.8 Å². The van der Waals surface area contributed by atoms with E-state index in [2.05, 4.69) is 0 Å². The zero-order valence-electron chi connectivity index (χ0n) is 11.7. The molecule has 1 aliphatic heterocycles. The summed E-state index contributed by atoms with van der Waals surface area (Å²) in [5.41, 5.74) is 1.64. The molecule has 0 saturated carbocycles. The van der Waals surface area contributed by atoms with Crippen LogP contribution in [0.2, 0.25) is 0 Å². The molecule has 1 saturated heterocycles. The van der Waals surface area contributed by atoms with Gasteiger partial charge in [-0.3, -0.25) is 9.59 Å². The number of methoxy groups -OCH3 is 1. The van der Waals surface area contributed by atoms with E-state index in [9.17, 15) is 9.59 Å². The van der Waals surface area contributed by atoms with E-state index in [1.165, 1.54) is 0 Å². The van der Waals surface area contributed by atoms with E-state index >= 15 is 0 Å². The number of rotatable bonds is 6. The second kappa shape index (κ2) is 7.05. The number of aldehydes is 1. The maximum atomic E-state index is 12.1. The lowest BCUT2D eigenvalue weighted by Gasteiger charge is -2.35. The van der Waals surface area contributed by atoms with Gasteiger partial charge in [-0.25, -0.2) is 0 Å². The van der Waals surface area contributed by atoms with Crippen LogP contribution in [0.25, 0.3) is 0 Å². The average molecular weight is 276 g/mol. The van der Waals surface area contributed by atoms with Gasteiger partial charge in [-0.05, 0) is 30.7 Å². The molecule has 0 unspecified atom stereocenters. The molecule has 1 fully saturated rings. The second-order valence-electron chi connectivity index (χ2n) is 4.86. The molecule has 0 aromatic heterocycles. The molecule has 0 spiro atoms. The Hall–Kier alpha value is -1.88. The van der Waals surface area contributed by atoms with Gasteiger partial charge in [0.2, 0.25) is 5.91 Å². The smallest absolute Gasteiger partial charge is 0.242 e. The summed E-state index contributed by atoms with van der Waals surface area (Å²) in [5, 5.41) is 0. The number of carbonyl (C=O) groups excluding carboxylic acids is 2. The topological polar surface area (TPSA) is 49.9 Å². The first kappa shape index (κ1) is 14.5. The predicted octanol–water partition coefficient (Wildman–Crippen LogP) is 1.18. The van der Waals surface area contributed by atoms with Gasteiger partial charge >= 0.3 is 0 Å². The number of nitrogens with zero attached hydrogens (tertiary/aromatic N) is 2. The van der Waals surface area contributed by atoms with Crippen molar-refractivity contribution in [3.8, 4) is 0 Å². The molecule has 1 aliphatic rings. The van der Waals surface area contributed by atoms with Crippen LogP contribution < -0.4 is 4.90 Å². The number of amides is 1. The molecule has 0 radical (unpaired) electrons. The first-order chi connectivity index (χ1) is 9.74. The van der Waals surface area contributed by atoms with Crippen LogP contribution in [0.15, 0.2) is 24.3 Å². The van der Waals surface area contributed by atoms with Crippen LogP contribution >= 0.6 is 0 Å². The lowest BCUT2D eigenvalue weighted by molar-refractivity contribution is -0.131. The van der Waals surface area contributed by atoms with E-state index < -0.39 is 0 Å². The lowest BCUT2D eigenvalue weighted by atomic mass is 10.2. The van der Waals surface area contributed by atoms with Crippen LogP contribution in [0.3, 0.4) is 0 Å². The molecule has 2 rings (SSSR count). The first-order valence-electron chi connectivity index (χ1n) is 6.81. The van der Waals surface area contributed by atoms with E-state index in [1.54, 1.807) is 19.2 Å². The highest BCUT2D eigenvalue weighted by atomic mass is 16.5. The average Bonchev–Trinajstić information content (AvgIpc) is 2.49. The van der Waals surface area contributed by atoms with Crippen molar-refractivity contribution < 1.29 is 14.3 Å². The molecule has 5 nitrogen and oxygen atoms in total. The summed E-state index contributed by atoms with van der Waals surface area (Å²) in [6, 6.07) is 7.32. The van der Waals surface area contributed by atoms with E-state index in [4.69, 9.17) is 4.74 Å². The Bertz CT molecular complexity index is 459. The van der Waals surface area contributed by atoms with Crippen LogP contribution in [-0.2, 0) is 9.53 Å². The monoisotopic (exact) mass is 276 g/mol. The lowest BCUT2D eigenvalue weighted by Crippen LogP contribution is -2.50. The van der Waals surface area contributed by atoms with E-state index in [0.29, 0.717) is 18.7 Å². The van der Waals surface area contributed by atoms with Crippen molar-refractivity contribution in [2.45, 2.75) is 6.42 Å². The largest absolute Gasteiger partial charge is 0.385 e. The summed E-state index contributed by atoms with van der Waals surface area (Å²) in [4.78, 5) is 26.6. The highest BCUT2D eigenvalue weighted by Gasteiger charge is 2.23. The van der Waals surface area contributed by atoms with Crippen molar-refractivity contribution in [2.24, 2.45) is 0 Å². The van der Waals surface area contributed by atoms with Crippen molar-refractivity contribution in [1.82, 2.24) is 4.90 Å². The molecular weight excluding hydrogens is 256 g/mol. The summed E-state index contributed by atoms with van der Waals surface area (Å²) in [6.45, 7) is 3.38. The zero-order chi connectivity index (χ0) is 14.4. The normalized spacial score (nSPS) is 15.6. The molecule has 0 atom stereocenters. The van der Waals surface area contributed by atoms with Crippen LogP contribution in [0.1, 0.15) is 16.8 Å². The number of piperazine rings is 1. The van der Waals surface area contributed by atoms with Gasteiger partial charge in [0.05, 0.1) is 6.54 Å². The second-order valence-corrected chi connectivity index (χ2v) is 4.86. The van der Waals surface area contributed by atoms with Gasteiger partial charge in [0.25, 0.3) is 0 Å². The Balaban J connectivity index is 1.90. The Morgan fingerprint density at radius 2 is 2.00 bits per heavy atom. The Morgan fingerprint density at radius 1 is 1.25 bits per heavy atom. The van der Waals surface area contributed by atoms with Crippen molar-refractivity contribution in [3.63, 3.8) is 0 Å². The van der Waals surface area contributed by atoms with Gasteiger partial charge in [0, 0.05) is 44.6 Å². The minimum atomic E-state index is 0.145. The molecular formula is C15H20N2O3. The maximum absolute atomic E-state index is 12.1. The van der Waals surface area contributed by atoms with E-state index in [-0.39, 0.29) is 5.91 Å². The third-order valence-electron chi connectivity index (χ3n) is 3.49. The molecule has 108 valence electrons. The van der Waals surface area contributed by atoms with Gasteiger partial charge in [0.1, 0.15) is 6.29 Å². The van der Waals surface area contributed by atoms with Crippen LogP contribution in [0, 0.1) is 0 Å². The van der Waals surface area contributed by atoms with Gasteiger partial charge in [-0.2, -0.15) is 0 Å². The fourth-order valence-corrected chi connectivity index (χ4v) is 2.33. The highest BCUT2D eigenvalue weighted by molar-refractivity contribution is 5.83. The van der Waals surface area contributed by atoms with Gasteiger partial charge in [-0.15, -0.1) is 0 Å². The number of hydrogen-bond acceptors (Lipinski definition) is 4. The van der Waals surface area contributed by atoms with Crippen LogP contribution in [-0.4, -0.2) is 57.0 Å². The van der Waals surface area contributed by atoms with E-state index in [0.717, 1.165) is 38.0 Å².